The highest BCUT2D eigenvalue weighted by molar-refractivity contribution is 5.76. The number of unbranched alkanes of at least 4 members (excludes halogenated alkanes) is 2. The summed E-state index contributed by atoms with van der Waals surface area (Å²) in [6, 6.07) is 24.4. The summed E-state index contributed by atoms with van der Waals surface area (Å²) in [6.07, 6.45) is 5.02. The van der Waals surface area contributed by atoms with Crippen molar-refractivity contribution >= 4 is 11.8 Å². The molecule has 8 nitrogen and oxygen atoms in total. The number of rotatable bonds is 16. The van der Waals surface area contributed by atoms with Gasteiger partial charge in [-0.25, -0.2) is 0 Å². The predicted molar refractivity (Wildman–Crippen MR) is 177 cm³/mol. The van der Waals surface area contributed by atoms with Gasteiger partial charge in [-0.2, -0.15) is 0 Å². The molecule has 1 aliphatic heterocycles. The summed E-state index contributed by atoms with van der Waals surface area (Å²) in [4.78, 5) is 25.5. The van der Waals surface area contributed by atoms with Crippen LogP contribution in [0.15, 0.2) is 85.5 Å². The van der Waals surface area contributed by atoms with Crippen molar-refractivity contribution < 1.29 is 24.2 Å². The zero-order valence-corrected chi connectivity index (χ0v) is 26.5. The highest BCUT2D eigenvalue weighted by atomic mass is 16.7. The van der Waals surface area contributed by atoms with E-state index in [1.165, 1.54) is 6.92 Å². The number of hydrogen-bond acceptors (Lipinski definition) is 6. The molecule has 3 unspecified atom stereocenters. The minimum Gasteiger partial charge on any atom is -0.392 e. The lowest BCUT2D eigenvalue weighted by Gasteiger charge is -2.37. The van der Waals surface area contributed by atoms with Crippen LogP contribution in [0, 0.1) is 0 Å². The zero-order chi connectivity index (χ0) is 32.0. The van der Waals surface area contributed by atoms with E-state index in [2.05, 4.69) is 65.6 Å². The van der Waals surface area contributed by atoms with E-state index < -0.39 is 6.29 Å². The Balaban J connectivity index is 1.36. The summed E-state index contributed by atoms with van der Waals surface area (Å²) < 4.78 is 13.0. The number of benzene rings is 3. The van der Waals surface area contributed by atoms with Crippen LogP contribution in [-0.4, -0.2) is 54.6 Å². The van der Waals surface area contributed by atoms with Crippen LogP contribution in [0.25, 0.3) is 11.1 Å². The van der Waals surface area contributed by atoms with Gasteiger partial charge in [0.25, 0.3) is 0 Å². The van der Waals surface area contributed by atoms with Crippen molar-refractivity contribution in [2.75, 3.05) is 26.7 Å². The summed E-state index contributed by atoms with van der Waals surface area (Å²) in [7, 11) is 2.06. The molecule has 0 aromatic heterocycles. The van der Waals surface area contributed by atoms with Crippen molar-refractivity contribution in [1.82, 2.24) is 15.5 Å². The van der Waals surface area contributed by atoms with Crippen molar-refractivity contribution in [3.8, 4) is 11.1 Å². The molecule has 0 bridgehead atoms. The maximum atomic E-state index is 12.3. The van der Waals surface area contributed by atoms with Crippen molar-refractivity contribution in [3.05, 3.63) is 108 Å². The molecule has 240 valence electrons. The number of nitrogens with zero attached hydrogens (tertiary/aromatic N) is 1. The average molecular weight is 614 g/mol. The van der Waals surface area contributed by atoms with Gasteiger partial charge < -0.3 is 30.1 Å². The van der Waals surface area contributed by atoms with Gasteiger partial charge in [0.15, 0.2) is 6.29 Å². The van der Waals surface area contributed by atoms with Gasteiger partial charge in [0.05, 0.1) is 18.8 Å². The standard InChI is InChI=1S/C37H47N3O5/c1-4-21-40(3)25-34-23-35(31-14-12-28(26-41)13-15-31)45-37(44-34)32-18-16-30(17-19-32)33-10-8-9-29(22-33)24-39-36(43)11-6-5-7-20-38-27(2)42/h4,8-10,12-19,22,34-35,37,41H,1,5-7,11,20-21,23-26H2,2-3H3,(H,38,42)(H,39,43). The van der Waals surface area contributed by atoms with Crippen LogP contribution in [0.2, 0.25) is 0 Å². The van der Waals surface area contributed by atoms with Gasteiger partial charge in [-0.1, -0.05) is 79.2 Å². The molecule has 0 aliphatic carbocycles. The third-order valence-corrected chi connectivity index (χ3v) is 7.96. The Labute approximate surface area is 267 Å². The fraction of sp³-hybridized carbons (Fsp3) is 0.405. The molecule has 8 heteroatoms. The molecule has 4 rings (SSSR count). The molecule has 2 amide bonds. The van der Waals surface area contributed by atoms with Crippen molar-refractivity contribution in [2.24, 2.45) is 0 Å². The van der Waals surface area contributed by atoms with Gasteiger partial charge in [0.1, 0.15) is 0 Å². The molecule has 0 radical (unpaired) electrons. The SMILES string of the molecule is C=CCN(C)CC1CC(c2ccc(CO)cc2)OC(c2ccc(-c3cccc(CNC(=O)CCCCCNC(C)=O)c3)cc2)O1. The monoisotopic (exact) mass is 613 g/mol. The number of likely N-dealkylation sites (N-methyl/N-ethyl adjacent to an activating group) is 1. The average Bonchev–Trinajstić information content (AvgIpc) is 3.05. The molecule has 0 spiro atoms. The third kappa shape index (κ3) is 10.9. The van der Waals surface area contributed by atoms with Crippen molar-refractivity contribution in [2.45, 2.75) is 70.7 Å². The number of nitrogens with one attached hydrogen (secondary N) is 2. The second-order valence-electron chi connectivity index (χ2n) is 11.8. The first-order chi connectivity index (χ1) is 21.8. The number of aliphatic hydroxyl groups excluding tert-OH is 1. The second kappa shape index (κ2) is 17.6. The fourth-order valence-corrected chi connectivity index (χ4v) is 5.51. The summed E-state index contributed by atoms with van der Waals surface area (Å²) in [5.41, 5.74) is 6.07. The van der Waals surface area contributed by atoms with Crippen LogP contribution in [-0.2, 0) is 32.2 Å². The zero-order valence-electron chi connectivity index (χ0n) is 26.5. The van der Waals surface area contributed by atoms with Gasteiger partial charge >= 0.3 is 0 Å². The van der Waals surface area contributed by atoms with Crippen molar-refractivity contribution in [1.29, 1.82) is 0 Å². The lowest BCUT2D eigenvalue weighted by atomic mass is 9.99. The van der Waals surface area contributed by atoms with Crippen LogP contribution >= 0.6 is 0 Å². The molecule has 3 N–H and O–H groups in total. The van der Waals surface area contributed by atoms with E-state index >= 15 is 0 Å². The Morgan fingerprint density at radius 2 is 1.69 bits per heavy atom. The van der Waals surface area contributed by atoms with E-state index in [1.54, 1.807) is 0 Å². The highest BCUT2D eigenvalue weighted by Crippen LogP contribution is 2.38. The molecule has 45 heavy (non-hydrogen) atoms. The molecule has 3 aromatic rings. The summed E-state index contributed by atoms with van der Waals surface area (Å²) in [5, 5.41) is 15.3. The van der Waals surface area contributed by atoms with Gasteiger partial charge in [-0.15, -0.1) is 6.58 Å². The number of hydrogen-bond donors (Lipinski definition) is 3. The van der Waals surface area contributed by atoms with E-state index in [1.807, 2.05) is 42.5 Å². The minimum atomic E-state index is -0.510. The Hall–Kier alpha value is -3.82. The van der Waals surface area contributed by atoms with E-state index in [0.717, 1.165) is 72.2 Å². The Morgan fingerprint density at radius 1 is 0.933 bits per heavy atom. The third-order valence-electron chi connectivity index (χ3n) is 7.96. The van der Waals surface area contributed by atoms with Gasteiger partial charge in [0.2, 0.25) is 11.8 Å². The molecule has 0 saturated carbocycles. The van der Waals surface area contributed by atoms with E-state index in [9.17, 15) is 14.7 Å². The highest BCUT2D eigenvalue weighted by Gasteiger charge is 2.32. The first-order valence-electron chi connectivity index (χ1n) is 15.8. The summed E-state index contributed by atoms with van der Waals surface area (Å²) >= 11 is 0. The number of carbonyl (C=O) groups is 2. The fourth-order valence-electron chi connectivity index (χ4n) is 5.51. The topological polar surface area (TPSA) is 100 Å². The first-order valence-corrected chi connectivity index (χ1v) is 15.8. The second-order valence-corrected chi connectivity index (χ2v) is 11.8. The van der Waals surface area contributed by atoms with E-state index in [0.29, 0.717) is 19.5 Å². The Morgan fingerprint density at radius 3 is 2.40 bits per heavy atom. The number of aliphatic hydroxyl groups is 1. The number of ether oxygens (including phenoxy) is 2. The molecule has 1 aliphatic rings. The molecular weight excluding hydrogens is 566 g/mol. The van der Waals surface area contributed by atoms with Crippen LogP contribution in [0.5, 0.6) is 0 Å². The predicted octanol–water partition coefficient (Wildman–Crippen LogP) is 5.82. The maximum Gasteiger partial charge on any atom is 0.220 e. The van der Waals surface area contributed by atoms with E-state index in [4.69, 9.17) is 9.47 Å². The lowest BCUT2D eigenvalue weighted by Crippen LogP contribution is -2.37. The number of carbonyl (C=O) groups excluding carboxylic acids is 2. The van der Waals surface area contributed by atoms with Crippen LogP contribution < -0.4 is 10.6 Å². The Bertz CT molecular complexity index is 1380. The van der Waals surface area contributed by atoms with Gasteiger partial charge in [-0.05, 0) is 53.8 Å². The van der Waals surface area contributed by atoms with Crippen molar-refractivity contribution in [3.63, 3.8) is 0 Å². The summed E-state index contributed by atoms with van der Waals surface area (Å²) in [5.74, 6) is 0.0133. The summed E-state index contributed by atoms with van der Waals surface area (Å²) in [6.45, 7) is 8.05. The molecule has 1 fully saturated rings. The van der Waals surface area contributed by atoms with Crippen LogP contribution in [0.3, 0.4) is 0 Å². The largest absolute Gasteiger partial charge is 0.392 e. The molecular formula is C37H47N3O5. The lowest BCUT2D eigenvalue weighted by molar-refractivity contribution is -0.252. The quantitative estimate of drug-likeness (QED) is 0.139. The van der Waals surface area contributed by atoms with Gasteiger partial charge in [0, 0.05) is 51.5 Å². The van der Waals surface area contributed by atoms with Gasteiger partial charge in [-0.3, -0.25) is 9.59 Å². The molecule has 1 saturated heterocycles. The van der Waals surface area contributed by atoms with Crippen LogP contribution in [0.4, 0.5) is 0 Å². The maximum absolute atomic E-state index is 12.3. The smallest absolute Gasteiger partial charge is 0.220 e. The first kappa shape index (κ1) is 34.1. The Kier molecular flexibility index (Phi) is 13.3. The number of amides is 2. The van der Waals surface area contributed by atoms with E-state index in [-0.39, 0.29) is 30.6 Å². The normalized spacial score (nSPS) is 18.0. The molecule has 3 atom stereocenters. The minimum absolute atomic E-state index is 0.0133. The molecule has 1 heterocycles. The van der Waals surface area contributed by atoms with Crippen LogP contribution in [0.1, 0.15) is 73.7 Å². The molecule has 3 aromatic carbocycles.